The van der Waals surface area contributed by atoms with Crippen LogP contribution in [0.4, 0.5) is 0 Å². The number of allylic oxidation sites excluding steroid dienone is 3. The Morgan fingerprint density at radius 1 is 1.03 bits per heavy atom. The molecule has 0 spiro atoms. The van der Waals surface area contributed by atoms with E-state index < -0.39 is 0 Å². The Hall–Kier alpha value is -2.36. The van der Waals surface area contributed by atoms with Gasteiger partial charge < -0.3 is 15.0 Å². The van der Waals surface area contributed by atoms with Gasteiger partial charge in [-0.3, -0.25) is 0 Å². The molecule has 3 heteroatoms. The van der Waals surface area contributed by atoms with Gasteiger partial charge in [0.05, 0.1) is 0 Å². The van der Waals surface area contributed by atoms with Gasteiger partial charge in [-0.1, -0.05) is 72.3 Å². The largest absolute Gasteiger partial charge is 0.485 e. The van der Waals surface area contributed by atoms with Crippen molar-refractivity contribution in [2.75, 3.05) is 33.2 Å². The Labute approximate surface area is 195 Å². The molecule has 0 radical (unpaired) electrons. The predicted octanol–water partition coefficient (Wildman–Crippen LogP) is 6.51. The second-order valence-corrected chi connectivity index (χ2v) is 9.07. The predicted molar refractivity (Wildman–Crippen MR) is 136 cm³/mol. The lowest BCUT2D eigenvalue weighted by molar-refractivity contribution is 0.184. The van der Waals surface area contributed by atoms with Gasteiger partial charge in [0.1, 0.15) is 11.9 Å². The maximum Gasteiger partial charge on any atom is 0.125 e. The van der Waals surface area contributed by atoms with Gasteiger partial charge in [-0.2, -0.15) is 0 Å². The van der Waals surface area contributed by atoms with E-state index in [1.54, 1.807) is 0 Å². The van der Waals surface area contributed by atoms with Crippen molar-refractivity contribution in [2.24, 2.45) is 0 Å². The number of hydrogen-bond acceptors (Lipinski definition) is 3. The highest BCUT2D eigenvalue weighted by molar-refractivity contribution is 5.37. The van der Waals surface area contributed by atoms with Crippen molar-refractivity contribution < 1.29 is 6.16 Å². The molecule has 32 heavy (non-hydrogen) atoms. The second-order valence-electron chi connectivity index (χ2n) is 9.07. The molecule has 0 saturated carbocycles. The first-order valence-corrected chi connectivity index (χ1v) is 12.4. The molecule has 2 aromatic carbocycles. The third kappa shape index (κ3) is 6.34. The van der Waals surface area contributed by atoms with E-state index in [0.29, 0.717) is 5.92 Å². The van der Waals surface area contributed by atoms with E-state index in [2.05, 4.69) is 83.0 Å². The highest BCUT2D eigenvalue weighted by Gasteiger charge is 2.24. The topological polar surface area (TPSA) is 24.5 Å². The Balaban J connectivity index is 0.00000306. The number of nitrogens with one attached hydrogen (secondary N) is 1. The van der Waals surface area contributed by atoms with Crippen LogP contribution in [0.3, 0.4) is 0 Å². The van der Waals surface area contributed by atoms with E-state index in [1.807, 2.05) is 7.05 Å². The summed E-state index contributed by atoms with van der Waals surface area (Å²) in [5, 5.41) is 3.28. The molecule has 1 aliphatic heterocycles. The van der Waals surface area contributed by atoms with Gasteiger partial charge in [-0.05, 0) is 81.9 Å². The molecular formula is C29H40N2O. The lowest BCUT2D eigenvalue weighted by Gasteiger charge is -2.33. The van der Waals surface area contributed by atoms with Crippen LogP contribution in [0, 0.1) is 0 Å². The summed E-state index contributed by atoms with van der Waals surface area (Å²) < 4.78 is 6.67. The average Bonchev–Trinajstić information content (AvgIpc) is 2.87. The van der Waals surface area contributed by atoms with E-state index in [0.717, 1.165) is 18.7 Å². The zero-order chi connectivity index (χ0) is 22.0. The number of likely N-dealkylation sites (tertiary alicyclic amines) is 1. The summed E-state index contributed by atoms with van der Waals surface area (Å²) in [5.41, 5.74) is 4.15. The zero-order valence-corrected chi connectivity index (χ0v) is 19.5. The molecule has 2 aromatic rings. The lowest BCUT2D eigenvalue weighted by atomic mass is 9.88. The molecular weight excluding hydrogens is 392 g/mol. The number of benzene rings is 2. The van der Waals surface area contributed by atoms with E-state index in [-0.39, 0.29) is 7.53 Å². The maximum absolute atomic E-state index is 6.67. The number of piperidine rings is 1. The maximum atomic E-state index is 6.67. The highest BCUT2D eigenvalue weighted by Crippen LogP contribution is 2.37. The molecule has 1 unspecified atom stereocenters. The number of ether oxygens (including phenoxy) is 1. The minimum absolute atomic E-state index is 0. The Kier molecular flexibility index (Phi) is 8.58. The van der Waals surface area contributed by atoms with Gasteiger partial charge >= 0.3 is 0 Å². The third-order valence-corrected chi connectivity index (χ3v) is 6.83. The van der Waals surface area contributed by atoms with Gasteiger partial charge in [0.2, 0.25) is 0 Å². The summed E-state index contributed by atoms with van der Waals surface area (Å²) in [6.45, 7) is 4.47. The molecule has 4 rings (SSSR count). The minimum Gasteiger partial charge on any atom is -0.485 e. The van der Waals surface area contributed by atoms with Gasteiger partial charge in [0.25, 0.3) is 0 Å². The first-order chi connectivity index (χ1) is 15.8. The molecule has 0 aromatic heterocycles. The van der Waals surface area contributed by atoms with E-state index in [9.17, 15) is 0 Å². The summed E-state index contributed by atoms with van der Waals surface area (Å²) in [4.78, 5) is 2.64. The second kappa shape index (κ2) is 12.0. The Bertz CT molecular complexity index is 888. The van der Waals surface area contributed by atoms with Crippen molar-refractivity contribution >= 4 is 0 Å². The molecule has 1 aliphatic carbocycles. The summed E-state index contributed by atoms with van der Waals surface area (Å²) >= 11 is 0. The van der Waals surface area contributed by atoms with Gasteiger partial charge in [-0.25, -0.2) is 0 Å². The fourth-order valence-corrected chi connectivity index (χ4v) is 4.92. The standard InChI is InChI=1S/C29H38N2O.H2/c1-30-20-16-28(26-12-6-3-7-13-26)32-29-15-9-8-14-27(29)25-18-22-31(23-19-25)21-17-24-10-4-2-5-11-24;/h3-4,6-15,25,28,30H,2,5,16-23H2,1H3;1H. The van der Waals surface area contributed by atoms with Crippen molar-refractivity contribution in [2.45, 2.75) is 50.5 Å². The van der Waals surface area contributed by atoms with Crippen LogP contribution in [-0.2, 0) is 0 Å². The molecule has 1 heterocycles. The SMILES string of the molecule is CNCCC(Oc1ccccc1C1CCN(CCC2=CCCC=C2)CC1)c1ccccc1.[HH]. The number of nitrogens with zero attached hydrogens (tertiary/aromatic N) is 1. The summed E-state index contributed by atoms with van der Waals surface area (Å²) in [6, 6.07) is 19.4. The van der Waals surface area contributed by atoms with E-state index in [1.165, 1.54) is 68.4 Å². The van der Waals surface area contributed by atoms with E-state index >= 15 is 0 Å². The van der Waals surface area contributed by atoms with Crippen LogP contribution >= 0.6 is 0 Å². The fraction of sp³-hybridized carbons (Fsp3) is 0.448. The molecule has 3 nitrogen and oxygen atoms in total. The summed E-state index contributed by atoms with van der Waals surface area (Å²) in [5.74, 6) is 1.64. The molecule has 2 aliphatic rings. The van der Waals surface area contributed by atoms with Crippen LogP contribution < -0.4 is 10.1 Å². The van der Waals surface area contributed by atoms with Gasteiger partial charge in [-0.15, -0.1) is 0 Å². The molecule has 1 atom stereocenters. The smallest absolute Gasteiger partial charge is 0.125 e. The molecule has 0 amide bonds. The summed E-state index contributed by atoms with van der Waals surface area (Å²) in [7, 11) is 2.00. The van der Waals surface area contributed by atoms with Crippen molar-refractivity contribution in [1.82, 2.24) is 10.2 Å². The van der Waals surface area contributed by atoms with Crippen LogP contribution in [0.2, 0.25) is 0 Å². The first kappa shape index (κ1) is 22.8. The normalized spacial score (nSPS) is 18.3. The molecule has 1 N–H and O–H groups in total. The lowest BCUT2D eigenvalue weighted by Crippen LogP contribution is -2.34. The van der Waals surface area contributed by atoms with Crippen molar-refractivity contribution in [1.29, 1.82) is 0 Å². The highest BCUT2D eigenvalue weighted by atomic mass is 16.5. The van der Waals surface area contributed by atoms with Gasteiger partial charge in [0, 0.05) is 14.4 Å². The summed E-state index contributed by atoms with van der Waals surface area (Å²) in [6.07, 6.45) is 14.1. The average molecular weight is 433 g/mol. The van der Waals surface area contributed by atoms with Crippen LogP contribution in [0.5, 0.6) is 5.75 Å². The molecule has 1 saturated heterocycles. The zero-order valence-electron chi connectivity index (χ0n) is 19.5. The third-order valence-electron chi connectivity index (χ3n) is 6.83. The van der Waals surface area contributed by atoms with Gasteiger partial charge in [0.15, 0.2) is 0 Å². The van der Waals surface area contributed by atoms with Crippen molar-refractivity contribution in [3.63, 3.8) is 0 Å². The number of para-hydroxylation sites is 1. The van der Waals surface area contributed by atoms with Crippen molar-refractivity contribution in [3.8, 4) is 5.75 Å². The van der Waals surface area contributed by atoms with E-state index in [4.69, 9.17) is 4.74 Å². The molecule has 1 fully saturated rings. The first-order valence-electron chi connectivity index (χ1n) is 12.4. The molecule has 172 valence electrons. The monoisotopic (exact) mass is 432 g/mol. The Morgan fingerprint density at radius 2 is 1.81 bits per heavy atom. The number of rotatable bonds is 10. The van der Waals surface area contributed by atoms with Crippen molar-refractivity contribution in [3.05, 3.63) is 89.5 Å². The quantitative estimate of drug-likeness (QED) is 0.463. The number of hydrogen-bond donors (Lipinski definition) is 1. The van der Waals surface area contributed by atoms with Crippen LogP contribution in [0.25, 0.3) is 0 Å². The van der Waals surface area contributed by atoms with Crippen LogP contribution in [-0.4, -0.2) is 38.1 Å². The van der Waals surface area contributed by atoms with Crippen LogP contribution in [0.15, 0.2) is 78.4 Å². The van der Waals surface area contributed by atoms with Crippen LogP contribution in [0.1, 0.15) is 63.1 Å². The Morgan fingerprint density at radius 3 is 2.56 bits per heavy atom. The minimum atomic E-state index is 0. The molecule has 0 bridgehead atoms. The fourth-order valence-electron chi connectivity index (χ4n) is 4.92.